The minimum absolute atomic E-state index is 0.00513. The van der Waals surface area contributed by atoms with Gasteiger partial charge in [0, 0.05) is 24.5 Å². The SMILES string of the molecule is NC(=O)OCC(c1ccc([N+](=O)[O-])cc1)n1cccn1. The van der Waals surface area contributed by atoms with E-state index in [2.05, 4.69) is 5.10 Å². The molecule has 8 nitrogen and oxygen atoms in total. The number of carbonyl (C=O) groups excluding carboxylic acids is 1. The number of nitro groups is 1. The van der Waals surface area contributed by atoms with Gasteiger partial charge >= 0.3 is 6.09 Å². The summed E-state index contributed by atoms with van der Waals surface area (Å²) in [5.41, 5.74) is 5.67. The molecule has 20 heavy (non-hydrogen) atoms. The number of nitrogens with two attached hydrogens (primary N) is 1. The lowest BCUT2D eigenvalue weighted by molar-refractivity contribution is -0.384. The van der Waals surface area contributed by atoms with Crippen molar-refractivity contribution in [2.45, 2.75) is 6.04 Å². The van der Waals surface area contributed by atoms with Crippen LogP contribution < -0.4 is 5.73 Å². The normalized spacial score (nSPS) is 11.8. The number of aromatic nitrogens is 2. The minimum atomic E-state index is -0.885. The highest BCUT2D eigenvalue weighted by molar-refractivity contribution is 5.64. The summed E-state index contributed by atoms with van der Waals surface area (Å²) in [5.74, 6) is 0. The first-order chi connectivity index (χ1) is 9.58. The first-order valence-corrected chi connectivity index (χ1v) is 5.73. The molecule has 0 fully saturated rings. The zero-order valence-electron chi connectivity index (χ0n) is 10.4. The molecule has 1 amide bonds. The van der Waals surface area contributed by atoms with Gasteiger partial charge in [0.05, 0.1) is 4.92 Å². The zero-order valence-corrected chi connectivity index (χ0v) is 10.4. The van der Waals surface area contributed by atoms with Crippen LogP contribution in [0.1, 0.15) is 11.6 Å². The maximum Gasteiger partial charge on any atom is 0.404 e. The number of hydrogen-bond acceptors (Lipinski definition) is 5. The summed E-state index contributed by atoms with van der Waals surface area (Å²) < 4.78 is 6.39. The van der Waals surface area contributed by atoms with Crippen LogP contribution in [0.3, 0.4) is 0 Å². The Morgan fingerprint density at radius 1 is 1.45 bits per heavy atom. The van der Waals surface area contributed by atoms with E-state index < -0.39 is 17.1 Å². The van der Waals surface area contributed by atoms with E-state index >= 15 is 0 Å². The second-order valence-corrected chi connectivity index (χ2v) is 3.98. The first kappa shape index (κ1) is 13.5. The van der Waals surface area contributed by atoms with Crippen molar-refractivity contribution < 1.29 is 14.5 Å². The summed E-state index contributed by atoms with van der Waals surface area (Å²) >= 11 is 0. The minimum Gasteiger partial charge on any atom is -0.447 e. The number of non-ortho nitro benzene ring substituents is 1. The molecule has 0 aliphatic rings. The molecule has 104 valence electrons. The number of amides is 1. The van der Waals surface area contributed by atoms with Gasteiger partial charge in [-0.1, -0.05) is 0 Å². The fourth-order valence-corrected chi connectivity index (χ4v) is 1.77. The molecule has 2 aromatic rings. The van der Waals surface area contributed by atoms with Gasteiger partial charge in [0.15, 0.2) is 0 Å². The van der Waals surface area contributed by atoms with E-state index in [1.54, 1.807) is 35.3 Å². The van der Waals surface area contributed by atoms with E-state index in [4.69, 9.17) is 10.5 Å². The Morgan fingerprint density at radius 2 is 2.15 bits per heavy atom. The van der Waals surface area contributed by atoms with Gasteiger partial charge in [-0.25, -0.2) is 4.79 Å². The quantitative estimate of drug-likeness (QED) is 0.656. The van der Waals surface area contributed by atoms with Gasteiger partial charge in [-0.2, -0.15) is 5.10 Å². The molecule has 1 heterocycles. The second kappa shape index (κ2) is 5.83. The van der Waals surface area contributed by atoms with Crippen molar-refractivity contribution in [1.29, 1.82) is 0 Å². The van der Waals surface area contributed by atoms with Crippen molar-refractivity contribution in [3.8, 4) is 0 Å². The highest BCUT2D eigenvalue weighted by Crippen LogP contribution is 2.21. The smallest absolute Gasteiger partial charge is 0.404 e. The molecule has 1 atom stereocenters. The number of ether oxygens (including phenoxy) is 1. The van der Waals surface area contributed by atoms with Gasteiger partial charge in [-0.15, -0.1) is 0 Å². The van der Waals surface area contributed by atoms with Crippen LogP contribution in [0.2, 0.25) is 0 Å². The highest BCUT2D eigenvalue weighted by atomic mass is 16.6. The van der Waals surface area contributed by atoms with Crippen molar-refractivity contribution in [3.63, 3.8) is 0 Å². The van der Waals surface area contributed by atoms with Gasteiger partial charge < -0.3 is 10.5 Å². The molecular formula is C12H12N4O4. The Morgan fingerprint density at radius 3 is 2.65 bits per heavy atom. The van der Waals surface area contributed by atoms with Crippen LogP contribution >= 0.6 is 0 Å². The predicted octanol–water partition coefficient (Wildman–Crippen LogP) is 1.48. The molecule has 8 heteroatoms. The standard InChI is InChI=1S/C12H12N4O4/c13-12(17)20-8-11(15-7-1-6-14-15)9-2-4-10(5-3-9)16(18)19/h1-7,11H,8H2,(H2,13,17). The van der Waals surface area contributed by atoms with Crippen LogP contribution in [-0.4, -0.2) is 27.4 Å². The monoisotopic (exact) mass is 276 g/mol. The van der Waals surface area contributed by atoms with Crippen molar-refractivity contribution in [3.05, 3.63) is 58.4 Å². The maximum atomic E-state index is 10.7. The Kier molecular flexibility index (Phi) is 3.94. The molecule has 0 bridgehead atoms. The van der Waals surface area contributed by atoms with Crippen LogP contribution in [-0.2, 0) is 4.74 Å². The maximum absolute atomic E-state index is 10.7. The van der Waals surface area contributed by atoms with Crippen LogP contribution in [0.4, 0.5) is 10.5 Å². The predicted molar refractivity (Wildman–Crippen MR) is 69.0 cm³/mol. The summed E-state index contributed by atoms with van der Waals surface area (Å²) in [4.78, 5) is 20.9. The Balaban J connectivity index is 2.26. The number of benzene rings is 1. The van der Waals surface area contributed by atoms with Crippen molar-refractivity contribution in [2.24, 2.45) is 5.73 Å². The fraction of sp³-hybridized carbons (Fsp3) is 0.167. The summed E-state index contributed by atoms with van der Waals surface area (Å²) in [7, 11) is 0. The number of rotatable bonds is 5. The molecule has 0 spiro atoms. The Hall–Kier alpha value is -2.90. The van der Waals surface area contributed by atoms with Crippen molar-refractivity contribution in [2.75, 3.05) is 6.61 Å². The Bertz CT molecular complexity index is 594. The van der Waals surface area contributed by atoms with E-state index in [0.717, 1.165) is 5.56 Å². The summed E-state index contributed by atoms with van der Waals surface area (Å²) in [6.07, 6.45) is 2.41. The third-order valence-electron chi connectivity index (χ3n) is 2.72. The molecule has 0 aliphatic carbocycles. The molecule has 2 rings (SSSR count). The van der Waals surface area contributed by atoms with E-state index in [-0.39, 0.29) is 12.3 Å². The van der Waals surface area contributed by atoms with E-state index in [0.29, 0.717) is 0 Å². The van der Waals surface area contributed by atoms with E-state index in [1.807, 2.05) is 0 Å². The van der Waals surface area contributed by atoms with E-state index in [9.17, 15) is 14.9 Å². The molecule has 0 saturated carbocycles. The number of hydrogen-bond donors (Lipinski definition) is 1. The number of carbonyl (C=O) groups is 1. The summed E-state index contributed by atoms with van der Waals surface area (Å²) in [6, 6.07) is 7.29. The third kappa shape index (κ3) is 3.10. The zero-order chi connectivity index (χ0) is 14.5. The largest absolute Gasteiger partial charge is 0.447 e. The molecule has 0 aliphatic heterocycles. The number of primary amides is 1. The Labute approximate surface area is 113 Å². The third-order valence-corrected chi connectivity index (χ3v) is 2.72. The fourth-order valence-electron chi connectivity index (χ4n) is 1.77. The molecule has 0 saturated heterocycles. The van der Waals surface area contributed by atoms with Gasteiger partial charge in [0.2, 0.25) is 0 Å². The van der Waals surface area contributed by atoms with Gasteiger partial charge in [-0.3, -0.25) is 14.8 Å². The average Bonchev–Trinajstić information content (AvgIpc) is 2.93. The molecule has 0 radical (unpaired) electrons. The average molecular weight is 276 g/mol. The summed E-state index contributed by atoms with van der Waals surface area (Å²) in [5, 5.41) is 14.7. The number of nitro benzene ring substituents is 1. The lowest BCUT2D eigenvalue weighted by atomic mass is 10.1. The first-order valence-electron chi connectivity index (χ1n) is 5.73. The van der Waals surface area contributed by atoms with Gasteiger partial charge in [0.25, 0.3) is 5.69 Å². The lowest BCUT2D eigenvalue weighted by Crippen LogP contribution is -2.22. The van der Waals surface area contributed by atoms with Gasteiger partial charge in [0.1, 0.15) is 12.6 Å². The number of nitrogens with zero attached hydrogens (tertiary/aromatic N) is 3. The van der Waals surface area contributed by atoms with Crippen molar-refractivity contribution in [1.82, 2.24) is 9.78 Å². The van der Waals surface area contributed by atoms with Crippen molar-refractivity contribution >= 4 is 11.8 Å². The second-order valence-electron chi connectivity index (χ2n) is 3.98. The van der Waals surface area contributed by atoms with Gasteiger partial charge in [-0.05, 0) is 23.8 Å². The van der Waals surface area contributed by atoms with Crippen LogP contribution in [0.25, 0.3) is 0 Å². The molecular weight excluding hydrogens is 264 g/mol. The van der Waals surface area contributed by atoms with Crippen LogP contribution in [0, 0.1) is 10.1 Å². The van der Waals surface area contributed by atoms with Crippen LogP contribution in [0.5, 0.6) is 0 Å². The lowest BCUT2D eigenvalue weighted by Gasteiger charge is -2.17. The molecule has 1 unspecified atom stereocenters. The van der Waals surface area contributed by atoms with E-state index in [1.165, 1.54) is 12.1 Å². The molecule has 1 aromatic heterocycles. The topological polar surface area (TPSA) is 113 Å². The van der Waals surface area contributed by atoms with Crippen LogP contribution in [0.15, 0.2) is 42.7 Å². The molecule has 1 aromatic carbocycles. The summed E-state index contributed by atoms with van der Waals surface area (Å²) in [6.45, 7) is -0.00513. The molecule has 2 N–H and O–H groups in total. The highest BCUT2D eigenvalue weighted by Gasteiger charge is 2.17.